The number of nitrogens with zero attached hydrogens (tertiary/aromatic N) is 1. The van der Waals surface area contributed by atoms with Gasteiger partial charge in [0.05, 0.1) is 5.60 Å². The summed E-state index contributed by atoms with van der Waals surface area (Å²) in [5.41, 5.74) is 2.69. The molecule has 0 saturated carbocycles. The normalized spacial score (nSPS) is 22.1. The third-order valence-corrected chi connectivity index (χ3v) is 4.19. The predicted molar refractivity (Wildman–Crippen MR) is 85.3 cm³/mol. The van der Waals surface area contributed by atoms with Crippen molar-refractivity contribution >= 4 is 5.69 Å². The SMILES string of the molecule is CCN(CC)c1ccc(CNCC2(C)CCCO2)cc1. The number of hydrogen-bond acceptors (Lipinski definition) is 3. The molecule has 3 heteroatoms. The first-order valence-electron chi connectivity index (χ1n) is 7.85. The van der Waals surface area contributed by atoms with Crippen LogP contribution in [0.3, 0.4) is 0 Å². The van der Waals surface area contributed by atoms with Crippen molar-refractivity contribution in [2.24, 2.45) is 0 Å². The van der Waals surface area contributed by atoms with Gasteiger partial charge in [0, 0.05) is 38.5 Å². The van der Waals surface area contributed by atoms with Crippen LogP contribution in [0.4, 0.5) is 5.69 Å². The van der Waals surface area contributed by atoms with E-state index in [9.17, 15) is 0 Å². The Labute approximate surface area is 123 Å². The first-order chi connectivity index (χ1) is 9.67. The van der Waals surface area contributed by atoms with Crippen molar-refractivity contribution in [1.82, 2.24) is 5.32 Å². The topological polar surface area (TPSA) is 24.5 Å². The quantitative estimate of drug-likeness (QED) is 0.828. The summed E-state index contributed by atoms with van der Waals surface area (Å²) in [6.45, 7) is 11.5. The number of anilines is 1. The second-order valence-corrected chi connectivity index (χ2v) is 5.84. The molecule has 1 aliphatic rings. The van der Waals surface area contributed by atoms with E-state index in [1.807, 2.05) is 0 Å². The van der Waals surface area contributed by atoms with Crippen molar-refractivity contribution in [1.29, 1.82) is 0 Å². The number of nitrogens with one attached hydrogen (secondary N) is 1. The summed E-state index contributed by atoms with van der Waals surface area (Å²) in [5.74, 6) is 0. The van der Waals surface area contributed by atoms with Gasteiger partial charge in [-0.3, -0.25) is 0 Å². The van der Waals surface area contributed by atoms with Gasteiger partial charge in [-0.25, -0.2) is 0 Å². The highest BCUT2D eigenvalue weighted by molar-refractivity contribution is 5.47. The van der Waals surface area contributed by atoms with E-state index in [0.717, 1.165) is 32.8 Å². The van der Waals surface area contributed by atoms with Crippen LogP contribution in [0.15, 0.2) is 24.3 Å². The van der Waals surface area contributed by atoms with Crippen LogP contribution in [0.5, 0.6) is 0 Å². The van der Waals surface area contributed by atoms with E-state index in [4.69, 9.17) is 4.74 Å². The smallest absolute Gasteiger partial charge is 0.0779 e. The Bertz CT molecular complexity index is 392. The molecule has 1 N–H and O–H groups in total. The Balaban J connectivity index is 1.81. The summed E-state index contributed by atoms with van der Waals surface area (Å²) in [6, 6.07) is 8.88. The maximum absolute atomic E-state index is 5.79. The molecule has 1 atom stereocenters. The Morgan fingerprint density at radius 3 is 2.45 bits per heavy atom. The van der Waals surface area contributed by atoms with Gasteiger partial charge >= 0.3 is 0 Å². The predicted octanol–water partition coefficient (Wildman–Crippen LogP) is 3.19. The van der Waals surface area contributed by atoms with Gasteiger partial charge in [0.2, 0.25) is 0 Å². The van der Waals surface area contributed by atoms with E-state index >= 15 is 0 Å². The van der Waals surface area contributed by atoms with E-state index in [1.54, 1.807) is 0 Å². The summed E-state index contributed by atoms with van der Waals surface area (Å²) in [4.78, 5) is 2.37. The van der Waals surface area contributed by atoms with Gasteiger partial charge in [0.25, 0.3) is 0 Å². The Hall–Kier alpha value is -1.06. The summed E-state index contributed by atoms with van der Waals surface area (Å²) >= 11 is 0. The molecular formula is C17H28N2O. The van der Waals surface area contributed by atoms with Gasteiger partial charge < -0.3 is 15.0 Å². The number of ether oxygens (including phenoxy) is 1. The molecule has 1 aromatic carbocycles. The van der Waals surface area contributed by atoms with E-state index in [0.29, 0.717) is 0 Å². The van der Waals surface area contributed by atoms with Crippen LogP contribution in [-0.4, -0.2) is 31.8 Å². The molecule has 1 saturated heterocycles. The largest absolute Gasteiger partial charge is 0.374 e. The minimum absolute atomic E-state index is 0.0428. The van der Waals surface area contributed by atoms with Gasteiger partial charge in [-0.1, -0.05) is 12.1 Å². The molecule has 0 aliphatic carbocycles. The van der Waals surface area contributed by atoms with E-state index in [-0.39, 0.29) is 5.60 Å². The highest BCUT2D eigenvalue weighted by atomic mass is 16.5. The van der Waals surface area contributed by atoms with Crippen molar-refractivity contribution < 1.29 is 4.74 Å². The van der Waals surface area contributed by atoms with Crippen LogP contribution in [0.1, 0.15) is 39.2 Å². The Morgan fingerprint density at radius 2 is 1.90 bits per heavy atom. The number of benzene rings is 1. The van der Waals surface area contributed by atoms with Crippen LogP contribution >= 0.6 is 0 Å². The standard InChI is InChI=1S/C17H28N2O/c1-4-19(5-2)16-9-7-15(8-10-16)13-18-14-17(3)11-6-12-20-17/h7-10,18H,4-6,11-14H2,1-3H3. The summed E-state index contributed by atoms with van der Waals surface area (Å²) in [6.07, 6.45) is 2.36. The molecule has 0 bridgehead atoms. The Kier molecular flexibility index (Phi) is 5.44. The second-order valence-electron chi connectivity index (χ2n) is 5.84. The van der Waals surface area contributed by atoms with Crippen LogP contribution in [-0.2, 0) is 11.3 Å². The molecule has 1 aromatic rings. The molecule has 1 unspecified atom stereocenters. The lowest BCUT2D eigenvalue weighted by atomic mass is 10.0. The fourth-order valence-corrected chi connectivity index (χ4v) is 2.86. The first-order valence-corrected chi connectivity index (χ1v) is 7.85. The van der Waals surface area contributed by atoms with Crippen molar-refractivity contribution in [3.05, 3.63) is 29.8 Å². The molecule has 0 aromatic heterocycles. The highest BCUT2D eigenvalue weighted by Gasteiger charge is 2.28. The highest BCUT2D eigenvalue weighted by Crippen LogP contribution is 2.24. The molecule has 0 radical (unpaired) electrons. The van der Waals surface area contributed by atoms with E-state index in [1.165, 1.54) is 24.1 Å². The second kappa shape index (κ2) is 7.09. The minimum Gasteiger partial charge on any atom is -0.374 e. The molecule has 112 valence electrons. The fourth-order valence-electron chi connectivity index (χ4n) is 2.86. The third kappa shape index (κ3) is 3.97. The maximum Gasteiger partial charge on any atom is 0.0779 e. The maximum atomic E-state index is 5.79. The van der Waals surface area contributed by atoms with Crippen LogP contribution in [0.25, 0.3) is 0 Å². The van der Waals surface area contributed by atoms with Crippen LogP contribution in [0, 0.1) is 0 Å². The molecule has 3 nitrogen and oxygen atoms in total. The van der Waals surface area contributed by atoms with Crippen LogP contribution < -0.4 is 10.2 Å². The molecular weight excluding hydrogens is 248 g/mol. The average molecular weight is 276 g/mol. The number of rotatable bonds is 7. The van der Waals surface area contributed by atoms with E-state index < -0.39 is 0 Å². The third-order valence-electron chi connectivity index (χ3n) is 4.19. The van der Waals surface area contributed by atoms with Gasteiger partial charge in [0.15, 0.2) is 0 Å². The molecule has 0 amide bonds. The lowest BCUT2D eigenvalue weighted by Gasteiger charge is -2.24. The monoisotopic (exact) mass is 276 g/mol. The van der Waals surface area contributed by atoms with Crippen molar-refractivity contribution in [2.45, 2.75) is 45.8 Å². The van der Waals surface area contributed by atoms with Gasteiger partial charge in [-0.2, -0.15) is 0 Å². The summed E-state index contributed by atoms with van der Waals surface area (Å²) in [5, 5.41) is 3.52. The first kappa shape index (κ1) is 15.3. The summed E-state index contributed by atoms with van der Waals surface area (Å²) < 4.78 is 5.79. The van der Waals surface area contributed by atoms with Crippen LogP contribution in [0.2, 0.25) is 0 Å². The molecule has 0 spiro atoms. The zero-order valence-corrected chi connectivity index (χ0v) is 13.1. The van der Waals surface area contributed by atoms with Crippen molar-refractivity contribution in [2.75, 3.05) is 31.1 Å². The molecule has 1 fully saturated rings. The fraction of sp³-hybridized carbons (Fsp3) is 0.647. The lowest BCUT2D eigenvalue weighted by Crippen LogP contribution is -2.36. The minimum atomic E-state index is 0.0428. The van der Waals surface area contributed by atoms with Crippen molar-refractivity contribution in [3.63, 3.8) is 0 Å². The van der Waals surface area contributed by atoms with Gasteiger partial charge in [-0.15, -0.1) is 0 Å². The zero-order valence-electron chi connectivity index (χ0n) is 13.1. The van der Waals surface area contributed by atoms with Crippen molar-refractivity contribution in [3.8, 4) is 0 Å². The summed E-state index contributed by atoms with van der Waals surface area (Å²) in [7, 11) is 0. The molecule has 2 rings (SSSR count). The van der Waals surface area contributed by atoms with Gasteiger partial charge in [0.1, 0.15) is 0 Å². The van der Waals surface area contributed by atoms with Gasteiger partial charge in [-0.05, 0) is 51.3 Å². The Morgan fingerprint density at radius 1 is 1.20 bits per heavy atom. The lowest BCUT2D eigenvalue weighted by molar-refractivity contribution is 0.0207. The zero-order chi connectivity index (χ0) is 14.4. The number of hydrogen-bond donors (Lipinski definition) is 1. The molecule has 1 heterocycles. The molecule has 1 aliphatic heterocycles. The van der Waals surface area contributed by atoms with E-state index in [2.05, 4.69) is 55.3 Å². The average Bonchev–Trinajstić information content (AvgIpc) is 2.89. The molecule has 20 heavy (non-hydrogen) atoms.